The zero-order chi connectivity index (χ0) is 24.6. The van der Waals surface area contributed by atoms with Gasteiger partial charge in [0.2, 0.25) is 0 Å². The molecule has 5 heteroatoms. The van der Waals surface area contributed by atoms with Crippen LogP contribution in [0.2, 0.25) is 5.02 Å². The molecule has 0 saturated heterocycles. The van der Waals surface area contributed by atoms with E-state index in [4.69, 9.17) is 11.6 Å². The number of aliphatic hydroxyl groups excluding tert-OH is 2. The molecular weight excluding hydrogens is 458 g/mol. The number of aliphatic hydroxyl groups is 2. The van der Waals surface area contributed by atoms with Gasteiger partial charge in [0, 0.05) is 24.7 Å². The Bertz CT molecular complexity index is 1200. The van der Waals surface area contributed by atoms with Gasteiger partial charge in [-0.1, -0.05) is 90.5 Å². The minimum Gasteiger partial charge on any atom is -0.508 e. The molecule has 2 atom stereocenters. The lowest BCUT2D eigenvalue weighted by atomic mass is 9.99. The molecule has 180 valence electrons. The summed E-state index contributed by atoms with van der Waals surface area (Å²) in [6.07, 6.45) is -0.572. The Labute approximate surface area is 211 Å². The number of halogens is 1. The molecule has 0 spiro atoms. The minimum absolute atomic E-state index is 0.178. The van der Waals surface area contributed by atoms with E-state index in [9.17, 15) is 15.3 Å². The molecule has 0 bridgehead atoms. The molecule has 0 aliphatic heterocycles. The van der Waals surface area contributed by atoms with Crippen LogP contribution in [0, 0.1) is 0 Å². The largest absolute Gasteiger partial charge is 0.508 e. The van der Waals surface area contributed by atoms with Gasteiger partial charge in [-0.3, -0.25) is 4.90 Å². The predicted octanol–water partition coefficient (Wildman–Crippen LogP) is 5.91. The van der Waals surface area contributed by atoms with Crippen LogP contribution in [0.5, 0.6) is 5.75 Å². The van der Waals surface area contributed by atoms with Gasteiger partial charge in [-0.2, -0.15) is 0 Å². The standard InChI is InChI=1S/C30H30ClNO3/c31-27-8-4-7-26(19-27)29(34)21-32(20-23-5-2-1-3-6-23)18-17-22-9-11-24(12-10-22)30(35)25-13-15-28(33)16-14-25/h1-16,19,29-30,33-35H,17-18,20-21H2. The lowest BCUT2D eigenvalue weighted by Crippen LogP contribution is -2.30. The number of hydrogen-bond donors (Lipinski definition) is 3. The Hall–Kier alpha value is -3.15. The van der Waals surface area contributed by atoms with Gasteiger partial charge in [-0.05, 0) is 58.5 Å². The smallest absolute Gasteiger partial charge is 0.115 e. The van der Waals surface area contributed by atoms with Crippen LogP contribution in [-0.4, -0.2) is 33.3 Å². The fourth-order valence-corrected chi connectivity index (χ4v) is 4.34. The molecule has 2 unspecified atom stereocenters. The number of nitrogens with zero attached hydrogens (tertiary/aromatic N) is 1. The summed E-state index contributed by atoms with van der Waals surface area (Å²) in [4.78, 5) is 2.25. The zero-order valence-corrected chi connectivity index (χ0v) is 20.2. The summed E-state index contributed by atoms with van der Waals surface area (Å²) in [5.41, 5.74) is 4.69. The van der Waals surface area contributed by atoms with E-state index in [1.807, 2.05) is 66.7 Å². The molecule has 3 N–H and O–H groups in total. The van der Waals surface area contributed by atoms with Crippen LogP contribution in [-0.2, 0) is 13.0 Å². The highest BCUT2D eigenvalue weighted by Gasteiger charge is 2.15. The van der Waals surface area contributed by atoms with Crippen molar-refractivity contribution < 1.29 is 15.3 Å². The second-order valence-electron chi connectivity index (χ2n) is 8.78. The molecule has 0 amide bonds. The first-order valence-corrected chi connectivity index (χ1v) is 12.1. The summed E-state index contributed by atoms with van der Waals surface area (Å²) in [5.74, 6) is 0.178. The number of rotatable bonds is 10. The predicted molar refractivity (Wildman–Crippen MR) is 140 cm³/mol. The Morgan fingerprint density at radius 1 is 0.686 bits per heavy atom. The molecular formula is C30H30ClNO3. The number of benzene rings is 4. The van der Waals surface area contributed by atoms with Crippen LogP contribution in [0.25, 0.3) is 0 Å². The number of hydrogen-bond acceptors (Lipinski definition) is 4. The van der Waals surface area contributed by atoms with Gasteiger partial charge in [0.15, 0.2) is 0 Å². The Morgan fingerprint density at radius 3 is 2.00 bits per heavy atom. The van der Waals surface area contributed by atoms with Gasteiger partial charge in [0.05, 0.1) is 6.10 Å². The molecule has 4 aromatic rings. The van der Waals surface area contributed by atoms with E-state index >= 15 is 0 Å². The highest BCUT2D eigenvalue weighted by molar-refractivity contribution is 6.30. The SMILES string of the molecule is Oc1ccc(C(O)c2ccc(CCN(Cc3ccccc3)CC(O)c3cccc(Cl)c3)cc2)cc1. The summed E-state index contributed by atoms with van der Waals surface area (Å²) < 4.78 is 0. The molecule has 0 aromatic heterocycles. The quantitative estimate of drug-likeness (QED) is 0.260. The van der Waals surface area contributed by atoms with Crippen molar-refractivity contribution in [2.45, 2.75) is 25.2 Å². The first-order valence-electron chi connectivity index (χ1n) is 11.7. The molecule has 0 heterocycles. The zero-order valence-electron chi connectivity index (χ0n) is 19.5. The summed E-state index contributed by atoms with van der Waals surface area (Å²) in [7, 11) is 0. The maximum Gasteiger partial charge on any atom is 0.115 e. The lowest BCUT2D eigenvalue weighted by Gasteiger charge is -2.26. The summed E-state index contributed by atoms with van der Waals surface area (Å²) in [5, 5.41) is 31.6. The van der Waals surface area contributed by atoms with Crippen LogP contribution in [0.4, 0.5) is 0 Å². The van der Waals surface area contributed by atoms with E-state index in [-0.39, 0.29) is 5.75 Å². The van der Waals surface area contributed by atoms with Gasteiger partial charge in [0.25, 0.3) is 0 Å². The second-order valence-corrected chi connectivity index (χ2v) is 9.21. The van der Waals surface area contributed by atoms with Crippen molar-refractivity contribution in [1.82, 2.24) is 4.90 Å². The van der Waals surface area contributed by atoms with E-state index in [0.717, 1.165) is 41.8 Å². The average Bonchev–Trinajstić information content (AvgIpc) is 2.88. The normalized spacial score (nSPS) is 13.0. The molecule has 4 aromatic carbocycles. The van der Waals surface area contributed by atoms with Gasteiger partial charge < -0.3 is 15.3 Å². The van der Waals surface area contributed by atoms with Crippen molar-refractivity contribution >= 4 is 11.6 Å². The van der Waals surface area contributed by atoms with Crippen molar-refractivity contribution in [3.63, 3.8) is 0 Å². The van der Waals surface area contributed by atoms with Crippen LogP contribution in [0.1, 0.15) is 40.0 Å². The van der Waals surface area contributed by atoms with Crippen molar-refractivity contribution in [3.8, 4) is 5.75 Å². The first-order chi connectivity index (χ1) is 17.0. The van der Waals surface area contributed by atoms with Crippen molar-refractivity contribution in [2.24, 2.45) is 0 Å². The molecule has 0 radical (unpaired) electrons. The molecule has 0 saturated carbocycles. The van der Waals surface area contributed by atoms with E-state index in [1.54, 1.807) is 24.3 Å². The number of aromatic hydroxyl groups is 1. The number of phenolic OH excluding ortho intramolecular Hbond substituents is 1. The third-order valence-corrected chi connectivity index (χ3v) is 6.37. The summed E-state index contributed by atoms with van der Waals surface area (Å²) >= 11 is 6.12. The van der Waals surface area contributed by atoms with Crippen LogP contribution in [0.3, 0.4) is 0 Å². The van der Waals surface area contributed by atoms with Crippen LogP contribution < -0.4 is 0 Å². The third kappa shape index (κ3) is 7.17. The van der Waals surface area contributed by atoms with Crippen molar-refractivity contribution in [3.05, 3.63) is 136 Å². The van der Waals surface area contributed by atoms with E-state index in [0.29, 0.717) is 11.6 Å². The molecule has 35 heavy (non-hydrogen) atoms. The first kappa shape index (κ1) is 25.0. The monoisotopic (exact) mass is 487 g/mol. The fraction of sp³-hybridized carbons (Fsp3) is 0.200. The third-order valence-electron chi connectivity index (χ3n) is 6.13. The summed E-state index contributed by atoms with van der Waals surface area (Å²) in [6.45, 7) is 2.00. The highest BCUT2D eigenvalue weighted by Crippen LogP contribution is 2.24. The highest BCUT2D eigenvalue weighted by atomic mass is 35.5. The Balaban J connectivity index is 1.42. The minimum atomic E-state index is -0.743. The van der Waals surface area contributed by atoms with E-state index in [1.165, 1.54) is 5.56 Å². The van der Waals surface area contributed by atoms with Gasteiger partial charge in [0.1, 0.15) is 11.9 Å². The van der Waals surface area contributed by atoms with Gasteiger partial charge in [-0.25, -0.2) is 0 Å². The Kier molecular flexibility index (Phi) is 8.56. The van der Waals surface area contributed by atoms with Gasteiger partial charge in [-0.15, -0.1) is 0 Å². The molecule has 0 aliphatic carbocycles. The molecule has 0 aliphatic rings. The summed E-state index contributed by atoms with van der Waals surface area (Å²) in [6, 6.07) is 32.2. The topological polar surface area (TPSA) is 63.9 Å². The molecule has 4 rings (SSSR count). The Morgan fingerprint density at radius 2 is 1.34 bits per heavy atom. The van der Waals surface area contributed by atoms with Crippen molar-refractivity contribution in [1.29, 1.82) is 0 Å². The van der Waals surface area contributed by atoms with E-state index in [2.05, 4.69) is 17.0 Å². The lowest BCUT2D eigenvalue weighted by molar-refractivity contribution is 0.109. The average molecular weight is 488 g/mol. The maximum atomic E-state index is 10.9. The van der Waals surface area contributed by atoms with Crippen molar-refractivity contribution in [2.75, 3.05) is 13.1 Å². The van der Waals surface area contributed by atoms with Crippen LogP contribution >= 0.6 is 11.6 Å². The van der Waals surface area contributed by atoms with E-state index < -0.39 is 12.2 Å². The van der Waals surface area contributed by atoms with Gasteiger partial charge >= 0.3 is 0 Å². The molecule has 4 nitrogen and oxygen atoms in total. The number of phenols is 1. The van der Waals surface area contributed by atoms with Crippen LogP contribution in [0.15, 0.2) is 103 Å². The second kappa shape index (κ2) is 12.0. The molecule has 0 fully saturated rings. The fourth-order valence-electron chi connectivity index (χ4n) is 4.14. The maximum absolute atomic E-state index is 10.9.